The molecule has 0 saturated carbocycles. The van der Waals surface area contributed by atoms with E-state index < -0.39 is 7.60 Å². The molecule has 72 valence electrons. The number of unbranched alkanes of at least 4 members (excludes halogenated alkanes) is 2. The summed E-state index contributed by atoms with van der Waals surface area (Å²) in [4.78, 5) is 8.72. The fourth-order valence-corrected chi connectivity index (χ4v) is 1.05. The summed E-state index contributed by atoms with van der Waals surface area (Å²) in [5.74, 6) is 0. The molecule has 12 heavy (non-hydrogen) atoms. The Hall–Kier alpha value is -0.110. The molecule has 0 aromatic carbocycles. The summed E-state index contributed by atoms with van der Waals surface area (Å²) in [6.07, 6.45) is 7.08. The van der Waals surface area contributed by atoms with E-state index in [1.165, 1.54) is 6.66 Å². The minimum atomic E-state index is -3.27. The highest BCUT2D eigenvalue weighted by Crippen LogP contribution is 2.35. The second kappa shape index (κ2) is 6.41. The molecule has 0 spiro atoms. The van der Waals surface area contributed by atoms with Gasteiger partial charge >= 0.3 is 7.60 Å². The van der Waals surface area contributed by atoms with E-state index >= 15 is 0 Å². The topological polar surface area (TPSA) is 46.5 Å². The highest BCUT2D eigenvalue weighted by Gasteiger charge is 2.06. The van der Waals surface area contributed by atoms with Crippen molar-refractivity contribution in [1.82, 2.24) is 0 Å². The Morgan fingerprint density at radius 2 is 2.17 bits per heavy atom. The molecule has 0 fully saturated rings. The van der Waals surface area contributed by atoms with Crippen molar-refractivity contribution in [2.45, 2.75) is 26.2 Å². The van der Waals surface area contributed by atoms with Crippen molar-refractivity contribution in [1.29, 1.82) is 0 Å². The quantitative estimate of drug-likeness (QED) is 0.399. The lowest BCUT2D eigenvalue weighted by Gasteiger charge is -2.02. The van der Waals surface area contributed by atoms with Crippen LogP contribution in [0.5, 0.6) is 0 Å². The Kier molecular flexibility index (Phi) is 6.35. The highest BCUT2D eigenvalue weighted by molar-refractivity contribution is 7.51. The maximum Gasteiger partial charge on any atom is 0.325 e. The number of hydrogen-bond acceptors (Lipinski definition) is 2. The molecule has 0 rings (SSSR count). The van der Waals surface area contributed by atoms with E-state index in [0.717, 1.165) is 19.3 Å². The first-order valence-electron chi connectivity index (χ1n) is 4.16. The zero-order valence-corrected chi connectivity index (χ0v) is 8.59. The van der Waals surface area contributed by atoms with Gasteiger partial charge in [-0.25, -0.2) is 0 Å². The fraction of sp³-hybridized carbons (Fsp3) is 0.750. The SMILES string of the molecule is CCCCC=CCOP(C)(=O)O. The maximum absolute atomic E-state index is 10.6. The van der Waals surface area contributed by atoms with Crippen molar-refractivity contribution in [2.75, 3.05) is 13.3 Å². The first-order valence-corrected chi connectivity index (χ1v) is 6.18. The van der Waals surface area contributed by atoms with Crippen LogP contribution in [0.4, 0.5) is 0 Å². The summed E-state index contributed by atoms with van der Waals surface area (Å²) in [5, 5.41) is 0. The zero-order valence-electron chi connectivity index (χ0n) is 7.69. The van der Waals surface area contributed by atoms with Crippen molar-refractivity contribution in [3.63, 3.8) is 0 Å². The summed E-state index contributed by atoms with van der Waals surface area (Å²) >= 11 is 0. The lowest BCUT2D eigenvalue weighted by Crippen LogP contribution is -1.86. The van der Waals surface area contributed by atoms with Gasteiger partial charge in [0.25, 0.3) is 0 Å². The second-order valence-corrected chi connectivity index (χ2v) is 4.58. The number of rotatable bonds is 6. The van der Waals surface area contributed by atoms with Crippen LogP contribution in [0, 0.1) is 0 Å². The zero-order chi connectivity index (χ0) is 9.45. The molecule has 0 heterocycles. The molecule has 0 bridgehead atoms. The Balaban J connectivity index is 3.31. The van der Waals surface area contributed by atoms with Gasteiger partial charge < -0.3 is 9.42 Å². The van der Waals surface area contributed by atoms with Gasteiger partial charge in [-0.1, -0.05) is 31.9 Å². The second-order valence-electron chi connectivity index (χ2n) is 2.71. The van der Waals surface area contributed by atoms with E-state index in [9.17, 15) is 4.57 Å². The lowest BCUT2D eigenvalue weighted by molar-refractivity contribution is 0.293. The van der Waals surface area contributed by atoms with E-state index in [4.69, 9.17) is 4.89 Å². The Morgan fingerprint density at radius 1 is 1.50 bits per heavy atom. The van der Waals surface area contributed by atoms with E-state index in [-0.39, 0.29) is 6.61 Å². The minimum absolute atomic E-state index is 0.230. The van der Waals surface area contributed by atoms with E-state index in [1.807, 2.05) is 6.08 Å². The van der Waals surface area contributed by atoms with Crippen LogP contribution < -0.4 is 0 Å². The van der Waals surface area contributed by atoms with Crippen LogP contribution in [0.1, 0.15) is 26.2 Å². The van der Waals surface area contributed by atoms with E-state index in [2.05, 4.69) is 11.4 Å². The summed E-state index contributed by atoms with van der Waals surface area (Å²) in [6, 6.07) is 0. The lowest BCUT2D eigenvalue weighted by atomic mass is 10.2. The normalized spacial score (nSPS) is 16.6. The van der Waals surface area contributed by atoms with Gasteiger partial charge in [0.15, 0.2) is 0 Å². The molecule has 3 nitrogen and oxygen atoms in total. The molecule has 0 aliphatic carbocycles. The monoisotopic (exact) mass is 192 g/mol. The van der Waals surface area contributed by atoms with Crippen LogP contribution in [0.3, 0.4) is 0 Å². The molecule has 0 aliphatic heterocycles. The van der Waals surface area contributed by atoms with E-state index in [0.29, 0.717) is 0 Å². The molecule has 0 radical (unpaired) electrons. The minimum Gasteiger partial charge on any atom is -0.324 e. The van der Waals surface area contributed by atoms with Gasteiger partial charge in [0.1, 0.15) is 0 Å². The van der Waals surface area contributed by atoms with Crippen LogP contribution in [-0.4, -0.2) is 18.2 Å². The van der Waals surface area contributed by atoms with Crippen LogP contribution in [0.2, 0.25) is 0 Å². The molecule has 0 aliphatic rings. The average Bonchev–Trinajstić information content (AvgIpc) is 1.94. The van der Waals surface area contributed by atoms with Gasteiger partial charge in [0.2, 0.25) is 0 Å². The van der Waals surface area contributed by atoms with Gasteiger partial charge in [-0.3, -0.25) is 4.57 Å². The Labute approximate surface area is 74.0 Å². The standard InChI is InChI=1S/C8H17O3P/c1-3-4-5-6-7-8-11-12(2,9)10/h6-7H,3-5,8H2,1-2H3,(H,9,10). The van der Waals surface area contributed by atoms with Gasteiger partial charge in [-0.15, -0.1) is 0 Å². The van der Waals surface area contributed by atoms with Gasteiger partial charge in [0, 0.05) is 6.66 Å². The molecule has 0 saturated heterocycles. The third kappa shape index (κ3) is 9.89. The first kappa shape index (κ1) is 11.9. The van der Waals surface area contributed by atoms with Gasteiger partial charge in [-0.2, -0.15) is 0 Å². The number of allylic oxidation sites excluding steroid dienone is 1. The summed E-state index contributed by atoms with van der Waals surface area (Å²) in [7, 11) is -3.27. The average molecular weight is 192 g/mol. The van der Waals surface area contributed by atoms with Crippen LogP contribution in [-0.2, 0) is 9.09 Å². The predicted octanol–water partition coefficient (Wildman–Crippen LogP) is 2.56. The molecule has 4 heteroatoms. The Morgan fingerprint density at radius 3 is 2.67 bits per heavy atom. The predicted molar refractivity (Wildman–Crippen MR) is 50.4 cm³/mol. The van der Waals surface area contributed by atoms with E-state index in [1.54, 1.807) is 6.08 Å². The summed E-state index contributed by atoms with van der Waals surface area (Å²) in [6.45, 7) is 3.54. The largest absolute Gasteiger partial charge is 0.325 e. The molecule has 0 amide bonds. The highest BCUT2D eigenvalue weighted by atomic mass is 31.2. The van der Waals surface area contributed by atoms with Gasteiger partial charge in [0.05, 0.1) is 6.61 Å². The third-order valence-corrected chi connectivity index (χ3v) is 1.93. The molecule has 1 atom stereocenters. The fourth-order valence-electron chi connectivity index (χ4n) is 0.689. The molecule has 0 aromatic rings. The maximum atomic E-state index is 10.6. The number of hydrogen-bond donors (Lipinski definition) is 1. The van der Waals surface area contributed by atoms with Crippen molar-refractivity contribution in [2.24, 2.45) is 0 Å². The first-order chi connectivity index (χ1) is 5.56. The molecule has 0 aromatic heterocycles. The van der Waals surface area contributed by atoms with Gasteiger partial charge in [-0.05, 0) is 6.42 Å². The molecular weight excluding hydrogens is 175 g/mol. The molecular formula is C8H17O3P. The Bertz CT molecular complexity index is 171. The van der Waals surface area contributed by atoms with Crippen molar-refractivity contribution < 1.29 is 14.0 Å². The smallest absolute Gasteiger partial charge is 0.324 e. The van der Waals surface area contributed by atoms with Crippen LogP contribution >= 0.6 is 7.60 Å². The van der Waals surface area contributed by atoms with Crippen LogP contribution in [0.15, 0.2) is 12.2 Å². The third-order valence-electron chi connectivity index (χ3n) is 1.30. The summed E-state index contributed by atoms with van der Waals surface area (Å²) < 4.78 is 15.2. The summed E-state index contributed by atoms with van der Waals surface area (Å²) in [5.41, 5.74) is 0. The van der Waals surface area contributed by atoms with Crippen molar-refractivity contribution in [3.8, 4) is 0 Å². The van der Waals surface area contributed by atoms with Crippen molar-refractivity contribution >= 4 is 7.60 Å². The molecule has 1 unspecified atom stereocenters. The molecule has 1 N–H and O–H groups in total. The van der Waals surface area contributed by atoms with Crippen molar-refractivity contribution in [3.05, 3.63) is 12.2 Å². The van der Waals surface area contributed by atoms with Crippen LogP contribution in [0.25, 0.3) is 0 Å².